The maximum absolute atomic E-state index is 10.7. The van der Waals surface area contributed by atoms with Gasteiger partial charge in [0.1, 0.15) is 0 Å². The third kappa shape index (κ3) is 2.23. The monoisotopic (exact) mass is 203 g/mol. The molecule has 5 nitrogen and oxygen atoms in total. The van der Waals surface area contributed by atoms with Crippen LogP contribution in [0.4, 0.5) is 0 Å². The van der Waals surface area contributed by atoms with E-state index in [2.05, 4.69) is 0 Å². The summed E-state index contributed by atoms with van der Waals surface area (Å²) in [6.45, 7) is 4.12. The van der Waals surface area contributed by atoms with Crippen LogP contribution in [0.1, 0.15) is 13.8 Å². The zero-order chi connectivity index (χ0) is 10.9. The van der Waals surface area contributed by atoms with E-state index in [0.29, 0.717) is 13.1 Å². The first-order valence-electron chi connectivity index (χ1n) is 4.76. The van der Waals surface area contributed by atoms with Crippen molar-refractivity contribution in [3.63, 3.8) is 0 Å². The van der Waals surface area contributed by atoms with Crippen LogP contribution in [-0.4, -0.2) is 57.5 Å². The summed E-state index contributed by atoms with van der Waals surface area (Å²) >= 11 is 0. The van der Waals surface area contributed by atoms with E-state index >= 15 is 0 Å². The molecule has 0 aromatic heterocycles. The van der Waals surface area contributed by atoms with Crippen LogP contribution in [-0.2, 0) is 4.79 Å². The molecule has 0 bridgehead atoms. The van der Waals surface area contributed by atoms with E-state index in [4.69, 9.17) is 5.11 Å². The second-order valence-corrected chi connectivity index (χ2v) is 3.96. The lowest BCUT2D eigenvalue weighted by Crippen LogP contribution is -2.39. The number of aliphatic carboxylic acids is 1. The Morgan fingerprint density at radius 1 is 1.29 bits per heavy atom. The number of nitrogens with zero attached hydrogens (tertiary/aromatic N) is 1. The summed E-state index contributed by atoms with van der Waals surface area (Å²) in [6, 6.07) is -0.167. The third-order valence-corrected chi connectivity index (χ3v) is 2.98. The van der Waals surface area contributed by atoms with Gasteiger partial charge < -0.3 is 15.3 Å². The molecule has 1 aliphatic rings. The van der Waals surface area contributed by atoms with Crippen molar-refractivity contribution in [3.8, 4) is 0 Å². The molecule has 0 spiro atoms. The molecule has 0 saturated carbocycles. The van der Waals surface area contributed by atoms with E-state index in [1.807, 2.05) is 0 Å². The largest absolute Gasteiger partial charge is 0.481 e. The van der Waals surface area contributed by atoms with Crippen LogP contribution >= 0.6 is 0 Å². The van der Waals surface area contributed by atoms with Crippen molar-refractivity contribution in [2.45, 2.75) is 32.1 Å². The van der Waals surface area contributed by atoms with Crippen molar-refractivity contribution in [1.82, 2.24) is 4.90 Å². The second kappa shape index (κ2) is 4.25. The van der Waals surface area contributed by atoms with E-state index in [-0.39, 0.29) is 6.04 Å². The zero-order valence-corrected chi connectivity index (χ0v) is 8.42. The first-order valence-corrected chi connectivity index (χ1v) is 4.76. The Kier molecular flexibility index (Phi) is 3.47. The van der Waals surface area contributed by atoms with Gasteiger partial charge in [0.05, 0.1) is 18.1 Å². The van der Waals surface area contributed by atoms with E-state index in [0.717, 1.165) is 0 Å². The molecule has 0 aromatic carbocycles. The number of rotatable bonds is 3. The minimum absolute atomic E-state index is 0.167. The van der Waals surface area contributed by atoms with Gasteiger partial charge in [0.2, 0.25) is 0 Å². The molecule has 0 aliphatic carbocycles. The van der Waals surface area contributed by atoms with Crippen LogP contribution in [0.5, 0.6) is 0 Å². The Labute approximate surface area is 83.0 Å². The Balaban J connectivity index is 2.54. The molecule has 5 heteroatoms. The van der Waals surface area contributed by atoms with Gasteiger partial charge in [-0.15, -0.1) is 0 Å². The van der Waals surface area contributed by atoms with Gasteiger partial charge >= 0.3 is 5.97 Å². The van der Waals surface area contributed by atoms with Gasteiger partial charge in [0.25, 0.3) is 0 Å². The zero-order valence-electron chi connectivity index (χ0n) is 8.42. The van der Waals surface area contributed by atoms with E-state index in [1.165, 1.54) is 0 Å². The number of hydrogen-bond acceptors (Lipinski definition) is 4. The summed E-state index contributed by atoms with van der Waals surface area (Å²) in [4.78, 5) is 12.5. The molecule has 1 rings (SSSR count). The van der Waals surface area contributed by atoms with Crippen LogP contribution in [0, 0.1) is 5.92 Å². The topological polar surface area (TPSA) is 81.0 Å². The van der Waals surface area contributed by atoms with Crippen molar-refractivity contribution in [3.05, 3.63) is 0 Å². The van der Waals surface area contributed by atoms with Gasteiger partial charge in [-0.25, -0.2) is 0 Å². The number of carbonyl (C=O) groups is 1. The Morgan fingerprint density at radius 2 is 1.71 bits per heavy atom. The van der Waals surface area contributed by atoms with Crippen LogP contribution in [0.15, 0.2) is 0 Å². The lowest BCUT2D eigenvalue weighted by atomic mass is 10.0. The maximum atomic E-state index is 10.7. The summed E-state index contributed by atoms with van der Waals surface area (Å²) in [5.74, 6) is -1.35. The third-order valence-electron chi connectivity index (χ3n) is 2.98. The van der Waals surface area contributed by atoms with Gasteiger partial charge in [-0.1, -0.05) is 6.92 Å². The van der Waals surface area contributed by atoms with E-state index < -0.39 is 24.1 Å². The predicted molar refractivity (Wildman–Crippen MR) is 49.8 cm³/mol. The summed E-state index contributed by atoms with van der Waals surface area (Å²) < 4.78 is 0. The highest BCUT2D eigenvalue weighted by Gasteiger charge is 2.35. The van der Waals surface area contributed by atoms with Crippen LogP contribution < -0.4 is 0 Å². The van der Waals surface area contributed by atoms with Gasteiger partial charge in [-0.2, -0.15) is 0 Å². The van der Waals surface area contributed by atoms with E-state index in [1.54, 1.807) is 18.7 Å². The van der Waals surface area contributed by atoms with Crippen molar-refractivity contribution in [2.75, 3.05) is 13.1 Å². The predicted octanol–water partition coefficient (Wildman–Crippen LogP) is -0.867. The van der Waals surface area contributed by atoms with E-state index in [9.17, 15) is 15.0 Å². The van der Waals surface area contributed by atoms with Crippen LogP contribution in [0.3, 0.4) is 0 Å². The highest BCUT2D eigenvalue weighted by atomic mass is 16.4. The lowest BCUT2D eigenvalue weighted by Gasteiger charge is -2.26. The number of carboxylic acids is 1. The molecule has 2 unspecified atom stereocenters. The van der Waals surface area contributed by atoms with Crippen molar-refractivity contribution in [2.24, 2.45) is 5.92 Å². The van der Waals surface area contributed by atoms with Crippen LogP contribution in [0.2, 0.25) is 0 Å². The number of hydrogen-bond donors (Lipinski definition) is 3. The van der Waals surface area contributed by atoms with Gasteiger partial charge in [-0.05, 0) is 6.92 Å². The molecule has 1 saturated heterocycles. The molecular formula is C9H17NO4. The Morgan fingerprint density at radius 3 is 2.07 bits per heavy atom. The minimum Gasteiger partial charge on any atom is -0.481 e. The summed E-state index contributed by atoms with van der Waals surface area (Å²) in [6.07, 6.45) is -1.50. The molecule has 0 aromatic rings. The standard InChI is InChI=1S/C9H17NO4/c1-5(9(13)14)6(2)10-3-7(11)8(12)4-10/h5-8,11-12H,3-4H2,1-2H3,(H,13,14)/t5?,6?,7-,8+. The molecule has 1 heterocycles. The quantitative estimate of drug-likeness (QED) is 0.555. The molecule has 4 atom stereocenters. The minimum atomic E-state index is -0.853. The summed E-state index contributed by atoms with van der Waals surface area (Å²) in [7, 11) is 0. The highest BCUT2D eigenvalue weighted by Crippen LogP contribution is 2.18. The van der Waals surface area contributed by atoms with Crippen LogP contribution in [0.25, 0.3) is 0 Å². The number of likely N-dealkylation sites (tertiary alicyclic amines) is 1. The molecule has 0 radical (unpaired) electrons. The number of aliphatic hydroxyl groups is 2. The smallest absolute Gasteiger partial charge is 0.307 e. The van der Waals surface area contributed by atoms with Crippen molar-refractivity contribution >= 4 is 5.97 Å². The fourth-order valence-electron chi connectivity index (χ4n) is 1.65. The van der Waals surface area contributed by atoms with Gasteiger partial charge in [0, 0.05) is 19.1 Å². The fourth-order valence-corrected chi connectivity index (χ4v) is 1.65. The SMILES string of the molecule is CC(C(=O)O)C(C)N1C[C@@H](O)[C@@H](O)C1. The summed E-state index contributed by atoms with van der Waals surface area (Å²) in [5.41, 5.74) is 0. The average molecular weight is 203 g/mol. The number of carboxylic acid groups (broad SMARTS) is 1. The number of aliphatic hydroxyl groups excluding tert-OH is 2. The molecule has 14 heavy (non-hydrogen) atoms. The molecule has 3 N–H and O–H groups in total. The highest BCUT2D eigenvalue weighted by molar-refractivity contribution is 5.70. The number of β-amino-alcohol motifs (C(OH)–C–C–N with tert-alkyl or cyclic N) is 2. The Bertz CT molecular complexity index is 211. The average Bonchev–Trinajstić information content (AvgIpc) is 2.44. The first kappa shape index (κ1) is 11.4. The van der Waals surface area contributed by atoms with Gasteiger partial charge in [-0.3, -0.25) is 9.69 Å². The molecule has 1 fully saturated rings. The lowest BCUT2D eigenvalue weighted by molar-refractivity contribution is -0.143. The van der Waals surface area contributed by atoms with Gasteiger partial charge in [0.15, 0.2) is 0 Å². The normalized spacial score (nSPS) is 32.9. The second-order valence-electron chi connectivity index (χ2n) is 3.96. The Hall–Kier alpha value is -0.650. The molecule has 0 amide bonds. The first-order chi connectivity index (χ1) is 6.43. The molecular weight excluding hydrogens is 186 g/mol. The maximum Gasteiger partial charge on any atom is 0.307 e. The molecule has 82 valence electrons. The fraction of sp³-hybridized carbons (Fsp3) is 0.889. The van der Waals surface area contributed by atoms with Crippen molar-refractivity contribution in [1.29, 1.82) is 0 Å². The molecule has 1 aliphatic heterocycles. The van der Waals surface area contributed by atoms with Crippen molar-refractivity contribution < 1.29 is 20.1 Å². The summed E-state index contributed by atoms with van der Waals surface area (Å²) in [5, 5.41) is 27.4.